The molecule has 0 bridgehead atoms. The van der Waals surface area contributed by atoms with Crippen molar-refractivity contribution >= 4 is 48.6 Å². The summed E-state index contributed by atoms with van der Waals surface area (Å²) in [6.07, 6.45) is 0. The molecule has 1 nitrogen and oxygen atoms in total. The minimum atomic E-state index is -0.441. The average Bonchev–Trinajstić information content (AvgIpc) is 3.82. The third kappa shape index (κ3) is 5.37. The summed E-state index contributed by atoms with van der Waals surface area (Å²) in [7, 11) is 0. The van der Waals surface area contributed by atoms with Gasteiger partial charge < -0.3 is 4.90 Å². The van der Waals surface area contributed by atoms with Gasteiger partial charge in [0.15, 0.2) is 0 Å². The smallest absolute Gasteiger partial charge is 0.0714 e. The van der Waals surface area contributed by atoms with Crippen LogP contribution in [-0.4, -0.2) is 0 Å². The van der Waals surface area contributed by atoms with Crippen LogP contribution in [-0.2, 0) is 5.41 Å². The number of hydrogen-bond donors (Lipinski definition) is 0. The molecule has 10 aromatic rings. The normalized spacial score (nSPS) is 12.7. The molecule has 9 aromatic carbocycles. The Bertz CT molecular complexity index is 2940. The standard InChI is InChI=1S/C55H37NS/c1-4-17-38(18-5-1)40-21-14-25-44(35-40)56(45-26-15-22-41(36-45)39-19-6-2-7-20-39)52-32-16-29-49-48-34-33-43(37-53(48)57-54(49)52)55(42-23-8-3-9-24-42)50-30-12-10-27-46(50)47-28-11-13-31-51(47)55/h1-37H. The molecule has 0 spiro atoms. The highest BCUT2D eigenvalue weighted by Crippen LogP contribution is 2.57. The fourth-order valence-corrected chi connectivity index (χ4v) is 10.5. The summed E-state index contributed by atoms with van der Waals surface area (Å²) in [6.45, 7) is 0. The molecule has 2 heteroatoms. The van der Waals surface area contributed by atoms with Gasteiger partial charge in [-0.25, -0.2) is 0 Å². The lowest BCUT2D eigenvalue weighted by Gasteiger charge is -2.33. The van der Waals surface area contributed by atoms with Crippen LogP contribution in [0.2, 0.25) is 0 Å². The molecule has 0 unspecified atom stereocenters. The summed E-state index contributed by atoms with van der Waals surface area (Å²) in [5, 5.41) is 2.54. The number of anilines is 3. The van der Waals surface area contributed by atoms with Gasteiger partial charge in [-0.3, -0.25) is 0 Å². The number of thiophene rings is 1. The summed E-state index contributed by atoms with van der Waals surface area (Å²) in [4.78, 5) is 2.45. The second kappa shape index (κ2) is 13.6. The topological polar surface area (TPSA) is 3.24 Å². The van der Waals surface area contributed by atoms with Gasteiger partial charge >= 0.3 is 0 Å². The van der Waals surface area contributed by atoms with Gasteiger partial charge in [0.2, 0.25) is 0 Å². The van der Waals surface area contributed by atoms with Crippen LogP contribution < -0.4 is 4.90 Å². The van der Waals surface area contributed by atoms with Crippen LogP contribution >= 0.6 is 11.3 Å². The van der Waals surface area contributed by atoms with Crippen LogP contribution in [0.25, 0.3) is 53.6 Å². The van der Waals surface area contributed by atoms with E-state index in [1.54, 1.807) is 0 Å². The molecule has 0 amide bonds. The molecule has 0 fully saturated rings. The van der Waals surface area contributed by atoms with Gasteiger partial charge in [0, 0.05) is 26.8 Å². The van der Waals surface area contributed by atoms with Gasteiger partial charge in [-0.2, -0.15) is 0 Å². The SMILES string of the molecule is c1ccc(-c2cccc(N(c3cccc(-c4ccccc4)c3)c3cccc4c3sc3cc(C5(c6ccccc6)c6ccccc6-c6ccccc65)ccc34)c2)cc1. The maximum Gasteiger partial charge on any atom is 0.0714 e. The van der Waals surface area contributed by atoms with Gasteiger partial charge in [-0.1, -0.05) is 188 Å². The lowest BCUT2D eigenvalue weighted by Crippen LogP contribution is -2.28. The van der Waals surface area contributed by atoms with E-state index in [-0.39, 0.29) is 0 Å². The average molecular weight is 744 g/mol. The maximum absolute atomic E-state index is 2.48. The summed E-state index contributed by atoms with van der Waals surface area (Å²) in [5.41, 5.74) is 15.6. The molecule has 57 heavy (non-hydrogen) atoms. The molecule has 11 rings (SSSR count). The Hall–Kier alpha value is -7.00. The van der Waals surface area contributed by atoms with Crippen molar-refractivity contribution in [3.05, 3.63) is 247 Å². The molecular weight excluding hydrogens is 707 g/mol. The first-order chi connectivity index (χ1) is 28.3. The Morgan fingerprint density at radius 3 is 1.46 bits per heavy atom. The Balaban J connectivity index is 1.14. The van der Waals surface area contributed by atoms with Crippen LogP contribution in [0.1, 0.15) is 22.3 Å². The van der Waals surface area contributed by atoms with Gasteiger partial charge in [0.05, 0.1) is 15.8 Å². The lowest BCUT2D eigenvalue weighted by molar-refractivity contribution is 0.770. The highest BCUT2D eigenvalue weighted by Gasteiger charge is 2.46. The van der Waals surface area contributed by atoms with Crippen molar-refractivity contribution in [2.45, 2.75) is 5.41 Å². The first kappa shape index (κ1) is 33.3. The summed E-state index contributed by atoms with van der Waals surface area (Å²) >= 11 is 1.89. The largest absolute Gasteiger partial charge is 0.309 e. The number of nitrogens with zero attached hydrogens (tertiary/aromatic N) is 1. The van der Waals surface area contributed by atoms with E-state index in [1.807, 2.05) is 11.3 Å². The van der Waals surface area contributed by atoms with E-state index in [0.717, 1.165) is 11.4 Å². The van der Waals surface area contributed by atoms with Gasteiger partial charge in [-0.15, -0.1) is 11.3 Å². The number of benzene rings is 9. The van der Waals surface area contributed by atoms with Crippen molar-refractivity contribution in [2.75, 3.05) is 4.90 Å². The van der Waals surface area contributed by atoms with E-state index >= 15 is 0 Å². The lowest BCUT2D eigenvalue weighted by atomic mass is 9.67. The minimum absolute atomic E-state index is 0.441. The highest BCUT2D eigenvalue weighted by molar-refractivity contribution is 7.26. The molecule has 0 radical (unpaired) electrons. The number of fused-ring (bicyclic) bond motifs is 6. The first-order valence-electron chi connectivity index (χ1n) is 19.6. The van der Waals surface area contributed by atoms with Crippen molar-refractivity contribution < 1.29 is 0 Å². The van der Waals surface area contributed by atoms with Crippen molar-refractivity contribution in [2.24, 2.45) is 0 Å². The monoisotopic (exact) mass is 743 g/mol. The summed E-state index contributed by atoms with van der Waals surface area (Å²) in [5.74, 6) is 0. The zero-order chi connectivity index (χ0) is 37.8. The quantitative estimate of drug-likeness (QED) is 0.157. The van der Waals surface area contributed by atoms with E-state index in [1.165, 1.54) is 81.5 Å². The van der Waals surface area contributed by atoms with Crippen molar-refractivity contribution in [3.63, 3.8) is 0 Å². The zero-order valence-electron chi connectivity index (χ0n) is 31.2. The molecule has 1 heterocycles. The first-order valence-corrected chi connectivity index (χ1v) is 20.4. The molecule has 1 aliphatic carbocycles. The van der Waals surface area contributed by atoms with Crippen LogP contribution in [0.5, 0.6) is 0 Å². The second-order valence-corrected chi connectivity index (χ2v) is 15.9. The van der Waals surface area contributed by atoms with Crippen LogP contribution in [0.3, 0.4) is 0 Å². The second-order valence-electron chi connectivity index (χ2n) is 14.8. The maximum atomic E-state index is 2.48. The Morgan fingerprint density at radius 2 is 0.860 bits per heavy atom. The van der Waals surface area contributed by atoms with Gasteiger partial charge in [0.25, 0.3) is 0 Å². The Labute approximate surface area is 337 Å². The molecule has 1 aliphatic rings. The number of hydrogen-bond acceptors (Lipinski definition) is 2. The third-order valence-electron chi connectivity index (χ3n) is 11.7. The molecule has 0 saturated carbocycles. The van der Waals surface area contributed by atoms with Crippen LogP contribution in [0.15, 0.2) is 224 Å². The summed E-state index contributed by atoms with van der Waals surface area (Å²) in [6, 6.07) is 82.4. The van der Waals surface area contributed by atoms with E-state index < -0.39 is 5.41 Å². The van der Waals surface area contributed by atoms with Crippen molar-refractivity contribution in [1.82, 2.24) is 0 Å². The highest BCUT2D eigenvalue weighted by atomic mass is 32.1. The van der Waals surface area contributed by atoms with Crippen LogP contribution in [0.4, 0.5) is 17.1 Å². The minimum Gasteiger partial charge on any atom is -0.309 e. The van der Waals surface area contributed by atoms with E-state index in [2.05, 4.69) is 229 Å². The van der Waals surface area contributed by atoms with E-state index in [9.17, 15) is 0 Å². The van der Waals surface area contributed by atoms with Crippen LogP contribution in [0, 0.1) is 0 Å². The molecule has 268 valence electrons. The van der Waals surface area contributed by atoms with Gasteiger partial charge in [-0.05, 0) is 92.0 Å². The molecule has 0 N–H and O–H groups in total. The van der Waals surface area contributed by atoms with Crippen molar-refractivity contribution in [3.8, 4) is 33.4 Å². The van der Waals surface area contributed by atoms with Crippen molar-refractivity contribution in [1.29, 1.82) is 0 Å². The molecule has 0 aliphatic heterocycles. The number of rotatable bonds is 7. The molecule has 0 atom stereocenters. The fourth-order valence-electron chi connectivity index (χ4n) is 9.24. The summed E-state index contributed by atoms with van der Waals surface area (Å²) < 4.78 is 2.55. The third-order valence-corrected chi connectivity index (χ3v) is 12.9. The molecule has 1 aromatic heterocycles. The zero-order valence-corrected chi connectivity index (χ0v) is 32.0. The van der Waals surface area contributed by atoms with Gasteiger partial charge in [0.1, 0.15) is 0 Å². The Morgan fingerprint density at radius 1 is 0.351 bits per heavy atom. The Kier molecular flexibility index (Phi) is 7.98. The fraction of sp³-hybridized carbons (Fsp3) is 0.0182. The predicted octanol–water partition coefficient (Wildman–Crippen LogP) is 15.2. The van der Waals surface area contributed by atoms with E-state index in [0.29, 0.717) is 0 Å². The molecule has 0 saturated heterocycles. The predicted molar refractivity (Wildman–Crippen MR) is 242 cm³/mol. The molecular formula is C55H37NS. The van der Waals surface area contributed by atoms with E-state index in [4.69, 9.17) is 0 Å².